The maximum atomic E-state index is 13.3. The Hall–Kier alpha value is -10.3. The summed E-state index contributed by atoms with van der Waals surface area (Å²) >= 11 is 0. The number of ether oxygens (including phenoxy) is 12. The van der Waals surface area contributed by atoms with E-state index in [1.165, 1.54) is 0 Å². The van der Waals surface area contributed by atoms with E-state index in [1.807, 2.05) is 31.2 Å². The Morgan fingerprint density at radius 3 is 0.993 bits per heavy atom. The average molecular weight is 2120 g/mol. The van der Waals surface area contributed by atoms with Crippen LogP contribution in [0.25, 0.3) is 0 Å². The monoisotopic (exact) mass is 2110 g/mol. The van der Waals surface area contributed by atoms with Gasteiger partial charge in [-0.2, -0.15) is 61.1 Å². The van der Waals surface area contributed by atoms with Gasteiger partial charge in [-0.05, 0) is 193 Å². The van der Waals surface area contributed by atoms with Crippen LogP contribution in [0.2, 0.25) is 0 Å². The lowest BCUT2D eigenvalue weighted by atomic mass is 9.78. The van der Waals surface area contributed by atoms with Gasteiger partial charge in [0.05, 0.1) is 103 Å². The van der Waals surface area contributed by atoms with Crippen LogP contribution in [0.1, 0.15) is 127 Å². The molecule has 28 unspecified atom stereocenters. The summed E-state index contributed by atoms with van der Waals surface area (Å²) < 4.78 is 381. The van der Waals surface area contributed by atoms with Crippen molar-refractivity contribution in [1.29, 1.82) is 0 Å². The minimum absolute atomic E-state index is 0.00531. The molecule has 6 aliphatic heterocycles. The lowest BCUT2D eigenvalue weighted by molar-refractivity contribution is -0.220. The topological polar surface area (TPSA) is 571 Å². The normalized spacial score (nSPS) is 30.5. The van der Waals surface area contributed by atoms with Crippen molar-refractivity contribution >= 4 is 116 Å². The molecule has 12 fully saturated rings. The quantitative estimate of drug-likeness (QED) is 0.0236. The molecule has 141 heavy (non-hydrogen) atoms. The van der Waals surface area contributed by atoms with Crippen LogP contribution in [0.5, 0.6) is 0 Å². The number of carbonyl (C=O) groups excluding carboxylic acids is 11. The fourth-order valence-electron chi connectivity index (χ4n) is 21.3. The van der Waals surface area contributed by atoms with Gasteiger partial charge in [0.25, 0.3) is 10.1 Å². The van der Waals surface area contributed by atoms with Gasteiger partial charge < -0.3 is 75.1 Å². The predicted molar refractivity (Wildman–Crippen MR) is 437 cm³/mol. The first-order valence-electron chi connectivity index (χ1n) is 42.8. The summed E-state index contributed by atoms with van der Waals surface area (Å²) in [4.78, 5) is 140. The first-order chi connectivity index (χ1) is 64.6. The van der Waals surface area contributed by atoms with E-state index in [0.29, 0.717) is 22.3 Å². The molecule has 0 amide bonds. The smallest absolute Gasteiger partial charge is 0.426 e. The van der Waals surface area contributed by atoms with Crippen LogP contribution in [-0.2, 0) is 145 Å². The Labute approximate surface area is 794 Å². The SMILES string of the molecule is Cc1cc(C)c(C)c(C(=O)OC2C3CC4C(OC(=O)C42)C3C(=O)OC(CS(=O)(=O)[O-])C(F)(F)F)c1.Cc1cc(C)c(C)c(C(=O)OC2C3CC4C2OC(=O)C4C3C(=O)OC(CS(=O)(=O)[O-])C(F)(F)F)c1.Cc1cc(C)c(C)c(C(=O)OC2C3CC4C2OS(=O)(=O)C4C3C(=O)OC(CS(=O)(=O)[O-])C(F)(F)F)c1.Cc1cc(C)c(C)c(C(=O)OC2C3OC(=O)C4C3OC2C4C(=O)OC(CS(=O)(=O)[O-])C(F)(F)F)c1. The third-order valence-corrected chi connectivity index (χ3v) is 32.3. The van der Waals surface area contributed by atoms with E-state index in [0.717, 1.165) is 44.5 Å². The van der Waals surface area contributed by atoms with E-state index in [9.17, 15) is 166 Å². The van der Waals surface area contributed by atoms with Crippen LogP contribution in [0, 0.1) is 160 Å². The Balaban J connectivity index is 0.000000158. The summed E-state index contributed by atoms with van der Waals surface area (Å²) in [6.45, 7) is 21.1. The van der Waals surface area contributed by atoms with Gasteiger partial charge in [0.1, 0.15) is 77.8 Å². The highest BCUT2D eigenvalue weighted by atomic mass is 32.2. The van der Waals surface area contributed by atoms with Gasteiger partial charge in [0.2, 0.25) is 24.4 Å². The summed E-state index contributed by atoms with van der Waals surface area (Å²) in [5, 5.41) is -1.55. The molecule has 0 radical (unpaired) electrons. The van der Waals surface area contributed by atoms with E-state index < -0.39 is 332 Å². The molecule has 6 aliphatic carbocycles. The van der Waals surface area contributed by atoms with E-state index in [4.69, 9.17) is 42.1 Å². The van der Waals surface area contributed by atoms with Crippen LogP contribution < -0.4 is 0 Å². The number of hydrogen-bond acceptors (Lipinski definition) is 38. The van der Waals surface area contributed by atoms with Crippen LogP contribution >= 0.6 is 0 Å². The van der Waals surface area contributed by atoms with Crippen molar-refractivity contribution < 1.29 is 227 Å². The number of hydrogen-bond donors (Lipinski definition) is 0. The highest BCUT2D eigenvalue weighted by Crippen LogP contribution is 2.63. The molecule has 38 nitrogen and oxygen atoms in total. The zero-order chi connectivity index (χ0) is 105. The fraction of sp³-hybridized carbons (Fsp3) is 0.593. The molecule has 12 aliphatic rings. The second kappa shape index (κ2) is 38.4. The third kappa shape index (κ3) is 22.2. The van der Waals surface area contributed by atoms with Gasteiger partial charge in [0, 0.05) is 35.5 Å². The molecule has 0 aromatic heterocycles. The number of alkyl halides is 12. The lowest BCUT2D eigenvalue weighted by Crippen LogP contribution is -2.50. The number of esters is 11. The number of benzene rings is 4. The van der Waals surface area contributed by atoms with Gasteiger partial charge in [-0.3, -0.25) is 37.7 Å². The molecule has 6 saturated heterocycles. The molecule has 776 valence electrons. The van der Waals surface area contributed by atoms with E-state index in [2.05, 4.69) is 18.9 Å². The van der Waals surface area contributed by atoms with Crippen molar-refractivity contribution in [1.82, 2.24) is 0 Å². The van der Waals surface area contributed by atoms with Crippen LogP contribution in [0.3, 0.4) is 0 Å². The number of carbonyl (C=O) groups is 11. The average Bonchev–Trinajstić information content (AvgIpc) is 1.56. The zero-order valence-corrected chi connectivity index (χ0v) is 79.4. The lowest BCUT2D eigenvalue weighted by Gasteiger charge is -2.31. The highest BCUT2D eigenvalue weighted by molar-refractivity contribution is 7.87. The predicted octanol–water partition coefficient (Wildman–Crippen LogP) is 6.54. The summed E-state index contributed by atoms with van der Waals surface area (Å²) in [6.07, 6.45) is -45.4. The molecule has 8 bridgehead atoms. The number of aryl methyl sites for hydroxylation is 8. The van der Waals surface area contributed by atoms with Crippen molar-refractivity contribution in [3.05, 3.63) is 138 Å². The van der Waals surface area contributed by atoms with Gasteiger partial charge in [-0.1, -0.05) is 24.3 Å². The Kier molecular flexibility index (Phi) is 29.4. The zero-order valence-electron chi connectivity index (χ0n) is 75.3. The van der Waals surface area contributed by atoms with Gasteiger partial charge in [-0.25, -0.2) is 52.8 Å². The molecular weight excluding hydrogens is 2030 g/mol. The van der Waals surface area contributed by atoms with Gasteiger partial charge >= 0.3 is 90.4 Å². The molecule has 4 aromatic rings. The number of fused-ring (bicyclic) bond motifs is 4. The van der Waals surface area contributed by atoms with Crippen molar-refractivity contribution in [2.75, 3.05) is 23.0 Å². The Bertz CT molecular complexity index is 6230. The number of rotatable bonds is 24. The first kappa shape index (κ1) is 108. The second-order valence-corrected chi connectivity index (χ2v) is 44.4. The standard InChI is InChI=1S/2C22H23F3O9S.C21H23F3O10S2.C21H21F3O10S/c1-8-4-9(2)10(3)11(5-8)19(26)33-17-12-6-13-16(17)21(28)34-18(13)15(12)20(27)32-14(22(23,24)25)7-35(29,30)31;1-8-4-9(2)10(3)11(5-8)19(26)33-17-12-6-13-16(21(28)34-18(13)17)15(12)20(27)32-14(22(23,24)25)7-35(29,30)31;1-8-4-9(2)10(3)11(5-8)19(25)33-16-12-6-13-17(16)34-36(30,31)18(13)15(12)20(26)32-14(21(22,23)24)7-35(27,28)29;1-7-4-8(2)9(3)10(5-7)18(25)33-16-14-12(13-15(32-14)17(16)34-20(13)27)19(26)31-11(21(22,23)24)6-35(28,29)30/h2*4-5,12-18H,6-7H2,1-3H3,(H,29,30,31);4-5,12-18H,6-7H2,1-3H3,(H,27,28,29);4-5,11-17H,6H2,1-3H3,(H,28,29,30)/p-4. The van der Waals surface area contributed by atoms with E-state index >= 15 is 0 Å². The minimum atomic E-state index is -5.45. The van der Waals surface area contributed by atoms with Crippen LogP contribution in [-0.4, -0.2) is 264 Å². The minimum Gasteiger partial charge on any atom is -0.748 e. The molecular formula is C86H86F12O38S5-4. The van der Waals surface area contributed by atoms with Gasteiger partial charge in [-0.15, -0.1) is 0 Å². The molecule has 28 atom stereocenters. The van der Waals surface area contributed by atoms with Crippen molar-refractivity contribution in [3.8, 4) is 0 Å². The largest absolute Gasteiger partial charge is 0.748 e. The molecule has 4 aromatic carbocycles. The summed E-state index contributed by atoms with van der Waals surface area (Å²) in [6, 6.07) is 13.8. The first-order valence-corrected chi connectivity index (χ1v) is 50.6. The maximum absolute atomic E-state index is 13.3. The Morgan fingerprint density at radius 1 is 0.340 bits per heavy atom. The molecule has 55 heteroatoms. The van der Waals surface area contributed by atoms with Crippen molar-refractivity contribution in [2.24, 2.45) is 76.9 Å². The fourth-order valence-corrected chi connectivity index (χ4v) is 25.8. The van der Waals surface area contributed by atoms with Crippen LogP contribution in [0.4, 0.5) is 52.7 Å². The number of halogens is 12. The Morgan fingerprint density at radius 2 is 0.624 bits per heavy atom. The summed E-state index contributed by atoms with van der Waals surface area (Å²) in [5.74, 6) is -34.3. The maximum Gasteiger partial charge on any atom is 0.426 e. The summed E-state index contributed by atoms with van der Waals surface area (Å²) in [5.41, 5.74) is 9.85. The third-order valence-electron chi connectivity index (χ3n) is 27.6. The van der Waals surface area contributed by atoms with E-state index in [-0.39, 0.29) is 41.5 Å². The molecule has 16 rings (SSSR count). The molecule has 0 N–H and O–H groups in total. The molecule has 6 saturated carbocycles. The van der Waals surface area contributed by atoms with Crippen molar-refractivity contribution in [2.45, 2.75) is 218 Å². The molecule has 6 heterocycles. The van der Waals surface area contributed by atoms with Crippen molar-refractivity contribution in [3.63, 3.8) is 0 Å². The second-order valence-electron chi connectivity index (χ2n) is 36.9. The highest BCUT2D eigenvalue weighted by Gasteiger charge is 2.76. The summed E-state index contributed by atoms with van der Waals surface area (Å²) in [7, 11) is -26.1. The van der Waals surface area contributed by atoms with Gasteiger partial charge in [0.15, 0.2) is 12.2 Å². The molecule has 0 spiro atoms. The van der Waals surface area contributed by atoms with Crippen LogP contribution in [0.15, 0.2) is 48.5 Å². The van der Waals surface area contributed by atoms with E-state index in [1.54, 1.807) is 100 Å².